The van der Waals surface area contributed by atoms with E-state index in [4.69, 9.17) is 31.4 Å². The van der Waals surface area contributed by atoms with Gasteiger partial charge in [0.2, 0.25) is 0 Å². The molecule has 0 heterocycles. The van der Waals surface area contributed by atoms with Gasteiger partial charge in [-0.15, -0.1) is 0 Å². The molecule has 7 N–H and O–H groups in total. The van der Waals surface area contributed by atoms with Gasteiger partial charge in [0.05, 0.1) is 0 Å². The number of hydrogen-bond donors (Lipinski definition) is 4. The lowest BCUT2D eigenvalue weighted by Gasteiger charge is -2.28. The quantitative estimate of drug-likeness (QED) is 0.201. The molecule has 224 valence electrons. The zero-order valence-electron chi connectivity index (χ0n) is 25.1. The third-order valence-corrected chi connectivity index (χ3v) is 5.25. The summed E-state index contributed by atoms with van der Waals surface area (Å²) in [5.41, 5.74) is 15.3. The first-order valence-electron chi connectivity index (χ1n) is 13.6. The third-order valence-electron chi connectivity index (χ3n) is 5.25. The predicted molar refractivity (Wildman–Crippen MR) is 148 cm³/mol. The van der Waals surface area contributed by atoms with Gasteiger partial charge in [-0.3, -0.25) is 0 Å². The molecule has 0 aromatic rings. The topological polar surface area (TPSA) is 178 Å². The van der Waals surface area contributed by atoms with Crippen LogP contribution < -0.4 is 22.5 Å². The molecule has 38 heavy (non-hydrogen) atoms. The van der Waals surface area contributed by atoms with Gasteiger partial charge < -0.3 is 41.5 Å². The van der Waals surface area contributed by atoms with Crippen molar-refractivity contribution in [3.8, 4) is 0 Å². The van der Waals surface area contributed by atoms with Crippen LogP contribution in [0.1, 0.15) is 114 Å². The highest BCUT2D eigenvalue weighted by molar-refractivity contribution is 5.77. The Morgan fingerprint density at radius 2 is 0.842 bits per heavy atom. The summed E-state index contributed by atoms with van der Waals surface area (Å²) in [6.45, 7) is 15.6. The van der Waals surface area contributed by atoms with Crippen molar-refractivity contribution in [2.24, 2.45) is 17.2 Å². The molecule has 2 saturated carbocycles. The molecular formula is C27H54N4O7. The number of nitrogens with two attached hydrogens (primary N) is 3. The second-order valence-corrected chi connectivity index (χ2v) is 13.0. The summed E-state index contributed by atoms with van der Waals surface area (Å²) in [5.74, 6) is 0. The summed E-state index contributed by atoms with van der Waals surface area (Å²) < 4.78 is 19.0. The van der Waals surface area contributed by atoms with Gasteiger partial charge in [0, 0.05) is 24.2 Å². The highest BCUT2D eigenvalue weighted by atomic mass is 16.8. The Bertz CT molecular complexity index is 674. The van der Waals surface area contributed by atoms with E-state index < -0.39 is 29.1 Å². The largest absolute Gasteiger partial charge is 0.519 e. The van der Waals surface area contributed by atoms with Crippen LogP contribution in [0.2, 0.25) is 0 Å². The van der Waals surface area contributed by atoms with Crippen LogP contribution in [0.25, 0.3) is 0 Å². The van der Waals surface area contributed by atoms with Gasteiger partial charge in [0.25, 0.3) is 0 Å². The Morgan fingerprint density at radius 3 is 1.13 bits per heavy atom. The molecule has 0 aromatic heterocycles. The van der Waals surface area contributed by atoms with Crippen molar-refractivity contribution in [2.75, 3.05) is 0 Å². The normalized spacial score (nSPS) is 23.8. The molecule has 0 unspecified atom stereocenters. The van der Waals surface area contributed by atoms with Crippen molar-refractivity contribution >= 4 is 18.4 Å². The van der Waals surface area contributed by atoms with E-state index in [1.807, 2.05) is 20.8 Å². The van der Waals surface area contributed by atoms with Crippen LogP contribution in [-0.2, 0) is 18.9 Å². The molecule has 2 fully saturated rings. The van der Waals surface area contributed by atoms with Gasteiger partial charge in [-0.05, 0) is 114 Å². The average Bonchev–Trinajstić information content (AvgIpc) is 2.68. The molecule has 0 spiro atoms. The lowest BCUT2D eigenvalue weighted by atomic mass is 9.92. The Hall–Kier alpha value is -2.11. The smallest absolute Gasteiger partial charge is 0.444 e. The summed E-state index contributed by atoms with van der Waals surface area (Å²) in [4.78, 5) is 33.5. The first kappa shape index (κ1) is 35.9. The molecule has 2 aliphatic carbocycles. The standard InChI is InChI=1S/C11H22N2O2.C10H18O5.C6H14N2/c1-11(2,3)15-10(14)13-9-6-4-8(12)5-7-9;1-9(2,3)14-7(11)13-8(12)15-10(4,5)6;7-5-1-2-6(8)4-3-5/h8-9H,4-7,12H2,1-3H3,(H,13,14);1-6H3;5-6H,1-4,7-8H2. The molecule has 0 saturated heterocycles. The molecule has 11 heteroatoms. The number of carbonyl (C=O) groups excluding carboxylic acids is 3. The highest BCUT2D eigenvalue weighted by Crippen LogP contribution is 2.18. The Labute approximate surface area is 229 Å². The lowest BCUT2D eigenvalue weighted by molar-refractivity contribution is -0.0294. The molecule has 1 amide bonds. The first-order valence-corrected chi connectivity index (χ1v) is 13.6. The van der Waals surface area contributed by atoms with Crippen molar-refractivity contribution in [2.45, 2.75) is 155 Å². The van der Waals surface area contributed by atoms with Crippen LogP contribution in [-0.4, -0.2) is 59.4 Å². The van der Waals surface area contributed by atoms with E-state index in [1.165, 1.54) is 0 Å². The van der Waals surface area contributed by atoms with Crippen molar-refractivity contribution in [3.63, 3.8) is 0 Å². The van der Waals surface area contributed by atoms with Gasteiger partial charge in [-0.25, -0.2) is 14.4 Å². The number of nitrogens with one attached hydrogen (secondary N) is 1. The van der Waals surface area contributed by atoms with Crippen LogP contribution in [0, 0.1) is 0 Å². The Kier molecular flexibility index (Phi) is 15.2. The highest BCUT2D eigenvalue weighted by Gasteiger charge is 2.25. The molecule has 0 aliphatic heterocycles. The van der Waals surface area contributed by atoms with Gasteiger partial charge in [-0.1, -0.05) is 0 Å². The molecule has 0 bridgehead atoms. The summed E-state index contributed by atoms with van der Waals surface area (Å²) >= 11 is 0. The van der Waals surface area contributed by atoms with E-state index in [0.717, 1.165) is 51.4 Å². The minimum Gasteiger partial charge on any atom is -0.444 e. The number of ether oxygens (including phenoxy) is 4. The van der Waals surface area contributed by atoms with Gasteiger partial charge in [0.1, 0.15) is 16.8 Å². The van der Waals surface area contributed by atoms with Gasteiger partial charge in [-0.2, -0.15) is 0 Å². The van der Waals surface area contributed by atoms with Crippen molar-refractivity contribution < 1.29 is 33.3 Å². The first-order chi connectivity index (χ1) is 17.1. The molecule has 2 rings (SSSR count). The number of alkyl carbamates (subject to hydrolysis) is 1. The summed E-state index contributed by atoms with van der Waals surface area (Å²) in [6.07, 6.45) is 5.96. The van der Waals surface area contributed by atoms with E-state index in [0.29, 0.717) is 18.1 Å². The van der Waals surface area contributed by atoms with E-state index in [9.17, 15) is 14.4 Å². The molecule has 0 aromatic carbocycles. The van der Waals surface area contributed by atoms with E-state index in [-0.39, 0.29) is 12.1 Å². The number of carbonyl (C=O) groups is 3. The Morgan fingerprint density at radius 1 is 0.553 bits per heavy atom. The fourth-order valence-electron chi connectivity index (χ4n) is 3.49. The number of rotatable bonds is 1. The van der Waals surface area contributed by atoms with Crippen LogP contribution in [0.4, 0.5) is 14.4 Å². The molecular weight excluding hydrogens is 492 g/mol. The predicted octanol–water partition coefficient (Wildman–Crippen LogP) is 4.87. The average molecular weight is 547 g/mol. The van der Waals surface area contributed by atoms with Crippen LogP contribution >= 0.6 is 0 Å². The second kappa shape index (κ2) is 16.1. The maximum atomic E-state index is 11.4. The monoisotopic (exact) mass is 546 g/mol. The maximum Gasteiger partial charge on any atom is 0.519 e. The lowest BCUT2D eigenvalue weighted by Crippen LogP contribution is -2.42. The summed E-state index contributed by atoms with van der Waals surface area (Å²) in [7, 11) is 0. The summed E-state index contributed by atoms with van der Waals surface area (Å²) in [6, 6.07) is 1.42. The molecule has 0 radical (unpaired) electrons. The van der Waals surface area contributed by atoms with Crippen molar-refractivity contribution in [1.29, 1.82) is 0 Å². The van der Waals surface area contributed by atoms with Crippen LogP contribution in [0.15, 0.2) is 0 Å². The fourth-order valence-corrected chi connectivity index (χ4v) is 3.49. The van der Waals surface area contributed by atoms with E-state index in [1.54, 1.807) is 41.5 Å². The minimum atomic E-state index is -1.06. The SMILES string of the molecule is CC(C)(C)OC(=O)NC1CCC(N)CC1.CC(C)(C)OC(=O)OC(=O)OC(C)(C)C.NC1CCC(N)CC1. The third kappa shape index (κ3) is 21.9. The Balaban J connectivity index is 0.000000565. The van der Waals surface area contributed by atoms with Gasteiger partial charge in [0.15, 0.2) is 0 Å². The minimum absolute atomic E-state index is 0.236. The second-order valence-electron chi connectivity index (χ2n) is 13.0. The number of hydrogen-bond acceptors (Lipinski definition) is 10. The zero-order chi connectivity index (χ0) is 29.7. The molecule has 11 nitrogen and oxygen atoms in total. The van der Waals surface area contributed by atoms with E-state index in [2.05, 4.69) is 10.1 Å². The van der Waals surface area contributed by atoms with Crippen molar-refractivity contribution in [1.82, 2.24) is 5.32 Å². The van der Waals surface area contributed by atoms with Gasteiger partial charge >= 0.3 is 18.4 Å². The maximum absolute atomic E-state index is 11.4. The fraction of sp³-hybridized carbons (Fsp3) is 0.889. The number of amides is 1. The summed E-state index contributed by atoms with van der Waals surface area (Å²) in [5, 5.41) is 2.88. The van der Waals surface area contributed by atoms with Crippen LogP contribution in [0.3, 0.4) is 0 Å². The molecule has 2 aliphatic rings. The van der Waals surface area contributed by atoms with Crippen molar-refractivity contribution in [3.05, 3.63) is 0 Å². The molecule has 0 atom stereocenters. The van der Waals surface area contributed by atoms with Crippen LogP contribution in [0.5, 0.6) is 0 Å². The van der Waals surface area contributed by atoms with E-state index >= 15 is 0 Å². The zero-order valence-corrected chi connectivity index (χ0v) is 25.1.